The molecule has 1 aromatic rings. The first-order chi connectivity index (χ1) is 8.58. The summed E-state index contributed by atoms with van der Waals surface area (Å²) in [5, 5.41) is 0.477. The number of rotatable bonds is 5. The van der Waals surface area contributed by atoms with Crippen LogP contribution in [0.3, 0.4) is 0 Å². The molecule has 3 nitrogen and oxygen atoms in total. The Labute approximate surface area is 115 Å². The van der Waals surface area contributed by atoms with Crippen LogP contribution in [0.4, 0.5) is 0 Å². The van der Waals surface area contributed by atoms with Gasteiger partial charge in [0.05, 0.1) is 12.5 Å². The minimum atomic E-state index is -0.578. The summed E-state index contributed by atoms with van der Waals surface area (Å²) in [5.41, 5.74) is 0.743. The number of hydrogen-bond acceptors (Lipinski definition) is 3. The molecule has 0 unspecified atom stereocenters. The molecular weight excluding hydrogens is 275 g/mol. The van der Waals surface area contributed by atoms with Crippen molar-refractivity contribution in [3.05, 3.63) is 40.9 Å². The standard InChI is InChI=1S/C13H12Cl2O3/c1-2-18-13(17)7-11(12(16)8-14)9-4-3-5-10(15)6-9/h3-7H,2,8H2,1H3. The van der Waals surface area contributed by atoms with Gasteiger partial charge in [-0.15, -0.1) is 11.6 Å². The molecule has 0 bridgehead atoms. The fraction of sp³-hybridized carbons (Fsp3) is 0.231. The Balaban J connectivity index is 3.13. The van der Waals surface area contributed by atoms with Crippen molar-refractivity contribution in [3.8, 4) is 0 Å². The van der Waals surface area contributed by atoms with Gasteiger partial charge >= 0.3 is 5.97 Å². The molecule has 0 spiro atoms. The Bertz CT molecular complexity index is 481. The van der Waals surface area contributed by atoms with Gasteiger partial charge in [0.15, 0.2) is 5.78 Å². The first-order valence-electron chi connectivity index (χ1n) is 5.32. The number of alkyl halides is 1. The summed E-state index contributed by atoms with van der Waals surface area (Å²) >= 11 is 11.4. The van der Waals surface area contributed by atoms with Crippen molar-refractivity contribution in [1.82, 2.24) is 0 Å². The number of ether oxygens (including phenoxy) is 1. The maximum Gasteiger partial charge on any atom is 0.331 e. The Morgan fingerprint density at radius 3 is 2.67 bits per heavy atom. The average molecular weight is 287 g/mol. The van der Waals surface area contributed by atoms with Crippen molar-refractivity contribution in [3.63, 3.8) is 0 Å². The molecule has 0 saturated carbocycles. The van der Waals surface area contributed by atoms with Crippen LogP contribution in [0.1, 0.15) is 12.5 Å². The number of carbonyl (C=O) groups excluding carboxylic acids is 2. The zero-order valence-electron chi connectivity index (χ0n) is 9.78. The fourth-order valence-electron chi connectivity index (χ4n) is 1.35. The maximum atomic E-state index is 11.7. The first-order valence-corrected chi connectivity index (χ1v) is 6.23. The molecule has 0 saturated heterocycles. The Morgan fingerprint density at radius 1 is 1.39 bits per heavy atom. The normalized spacial score (nSPS) is 11.2. The second-order valence-electron chi connectivity index (χ2n) is 3.38. The molecular formula is C13H12Cl2O3. The van der Waals surface area contributed by atoms with E-state index in [0.29, 0.717) is 10.6 Å². The van der Waals surface area contributed by atoms with Gasteiger partial charge in [-0.1, -0.05) is 23.7 Å². The van der Waals surface area contributed by atoms with Gasteiger partial charge in [0.2, 0.25) is 0 Å². The molecule has 0 aliphatic heterocycles. The van der Waals surface area contributed by atoms with E-state index in [9.17, 15) is 9.59 Å². The smallest absolute Gasteiger partial charge is 0.331 e. The van der Waals surface area contributed by atoms with Gasteiger partial charge in [0, 0.05) is 16.7 Å². The molecule has 1 rings (SSSR count). The molecule has 1 aromatic carbocycles. The van der Waals surface area contributed by atoms with Gasteiger partial charge in [0.1, 0.15) is 0 Å². The van der Waals surface area contributed by atoms with E-state index in [0.717, 1.165) is 6.08 Å². The van der Waals surface area contributed by atoms with Crippen LogP contribution in [-0.2, 0) is 14.3 Å². The third kappa shape index (κ3) is 4.17. The van der Waals surface area contributed by atoms with Gasteiger partial charge in [-0.2, -0.15) is 0 Å². The van der Waals surface area contributed by atoms with Crippen LogP contribution in [0, 0.1) is 0 Å². The molecule has 0 radical (unpaired) electrons. The highest BCUT2D eigenvalue weighted by molar-refractivity contribution is 6.39. The second-order valence-corrected chi connectivity index (χ2v) is 4.08. The summed E-state index contributed by atoms with van der Waals surface area (Å²) in [5.74, 6) is -1.14. The van der Waals surface area contributed by atoms with E-state index in [2.05, 4.69) is 0 Å². The summed E-state index contributed by atoms with van der Waals surface area (Å²) in [6, 6.07) is 6.65. The molecule has 0 N–H and O–H groups in total. The average Bonchev–Trinajstić information content (AvgIpc) is 2.35. The van der Waals surface area contributed by atoms with Crippen molar-refractivity contribution in [1.29, 1.82) is 0 Å². The van der Waals surface area contributed by atoms with E-state index in [-0.39, 0.29) is 23.8 Å². The summed E-state index contributed by atoms with van der Waals surface area (Å²) < 4.78 is 4.78. The minimum absolute atomic E-state index is 0.200. The van der Waals surface area contributed by atoms with Crippen LogP contribution < -0.4 is 0 Å². The highest BCUT2D eigenvalue weighted by Gasteiger charge is 2.13. The van der Waals surface area contributed by atoms with Gasteiger partial charge in [-0.3, -0.25) is 4.79 Å². The van der Waals surface area contributed by atoms with Crippen LogP contribution in [0.5, 0.6) is 0 Å². The zero-order chi connectivity index (χ0) is 13.5. The quantitative estimate of drug-likeness (QED) is 0.475. The second kappa shape index (κ2) is 7.19. The van der Waals surface area contributed by atoms with Crippen molar-refractivity contribution < 1.29 is 14.3 Å². The van der Waals surface area contributed by atoms with E-state index in [1.165, 1.54) is 0 Å². The van der Waals surface area contributed by atoms with Gasteiger partial charge in [-0.05, 0) is 24.6 Å². The lowest BCUT2D eigenvalue weighted by atomic mass is 10.0. The van der Waals surface area contributed by atoms with Crippen molar-refractivity contribution in [2.24, 2.45) is 0 Å². The van der Waals surface area contributed by atoms with Crippen LogP contribution in [-0.4, -0.2) is 24.2 Å². The number of halogens is 2. The number of hydrogen-bond donors (Lipinski definition) is 0. The summed E-state index contributed by atoms with van der Waals surface area (Å²) in [4.78, 5) is 23.1. The molecule has 96 valence electrons. The van der Waals surface area contributed by atoms with E-state index in [4.69, 9.17) is 27.9 Å². The predicted octanol–water partition coefficient (Wildman–Crippen LogP) is 3.09. The monoisotopic (exact) mass is 286 g/mol. The van der Waals surface area contributed by atoms with Gasteiger partial charge in [-0.25, -0.2) is 4.79 Å². The number of benzene rings is 1. The number of ketones is 1. The number of Topliss-reactive ketones (excluding diaryl/α,β-unsaturated/α-hetero) is 1. The maximum absolute atomic E-state index is 11.7. The van der Waals surface area contributed by atoms with E-state index in [1.54, 1.807) is 31.2 Å². The highest BCUT2D eigenvalue weighted by atomic mass is 35.5. The lowest BCUT2D eigenvalue weighted by Crippen LogP contribution is -2.08. The predicted molar refractivity (Wildman–Crippen MR) is 71.8 cm³/mol. The van der Waals surface area contributed by atoms with E-state index < -0.39 is 5.97 Å². The lowest BCUT2D eigenvalue weighted by molar-refractivity contribution is -0.137. The molecule has 0 amide bonds. The largest absolute Gasteiger partial charge is 0.463 e. The molecule has 0 atom stereocenters. The summed E-state index contributed by atoms with van der Waals surface area (Å²) in [6.07, 6.45) is 1.14. The minimum Gasteiger partial charge on any atom is -0.463 e. The first kappa shape index (κ1) is 14.7. The van der Waals surface area contributed by atoms with Crippen molar-refractivity contribution >= 4 is 40.5 Å². The van der Waals surface area contributed by atoms with Crippen molar-refractivity contribution in [2.45, 2.75) is 6.92 Å². The van der Waals surface area contributed by atoms with E-state index in [1.807, 2.05) is 0 Å². The third-order valence-corrected chi connectivity index (χ3v) is 2.58. The Hall–Kier alpha value is -1.32. The van der Waals surface area contributed by atoms with Crippen LogP contribution in [0.15, 0.2) is 30.3 Å². The zero-order valence-corrected chi connectivity index (χ0v) is 11.3. The molecule has 0 fully saturated rings. The third-order valence-electron chi connectivity index (χ3n) is 2.11. The van der Waals surface area contributed by atoms with Crippen LogP contribution in [0.25, 0.3) is 5.57 Å². The Kier molecular flexibility index (Phi) is 5.89. The van der Waals surface area contributed by atoms with Crippen LogP contribution >= 0.6 is 23.2 Å². The molecule has 0 aliphatic rings. The summed E-state index contributed by atoms with van der Waals surface area (Å²) in [6.45, 7) is 1.93. The highest BCUT2D eigenvalue weighted by Crippen LogP contribution is 2.20. The fourth-order valence-corrected chi connectivity index (χ4v) is 1.69. The number of allylic oxidation sites excluding steroid dienone is 1. The topological polar surface area (TPSA) is 43.4 Å². The molecule has 18 heavy (non-hydrogen) atoms. The Morgan fingerprint density at radius 2 is 2.11 bits per heavy atom. The van der Waals surface area contributed by atoms with Gasteiger partial charge in [0.25, 0.3) is 0 Å². The molecule has 0 heterocycles. The summed E-state index contributed by atoms with van der Waals surface area (Å²) in [7, 11) is 0. The number of esters is 1. The molecule has 0 aromatic heterocycles. The SMILES string of the molecule is CCOC(=O)C=C(C(=O)CCl)c1cccc(Cl)c1. The number of carbonyl (C=O) groups is 2. The molecule has 5 heteroatoms. The van der Waals surface area contributed by atoms with E-state index >= 15 is 0 Å². The lowest BCUT2D eigenvalue weighted by Gasteiger charge is -2.05. The molecule has 0 aliphatic carbocycles. The van der Waals surface area contributed by atoms with Crippen LogP contribution in [0.2, 0.25) is 5.02 Å². The van der Waals surface area contributed by atoms with Gasteiger partial charge < -0.3 is 4.74 Å². The van der Waals surface area contributed by atoms with Crippen molar-refractivity contribution in [2.75, 3.05) is 12.5 Å².